The van der Waals surface area contributed by atoms with E-state index in [4.69, 9.17) is 18.6 Å². The Balaban J connectivity index is 1.73. The van der Waals surface area contributed by atoms with Crippen LogP contribution in [0.5, 0.6) is 11.5 Å². The number of rotatable bonds is 7. The zero-order valence-electron chi connectivity index (χ0n) is 22.5. The van der Waals surface area contributed by atoms with E-state index in [0.717, 1.165) is 11.1 Å². The fourth-order valence-electron chi connectivity index (χ4n) is 4.91. The third kappa shape index (κ3) is 4.41. The maximum Gasteiger partial charge on any atom is 0.338 e. The lowest BCUT2D eigenvalue weighted by Crippen LogP contribution is -2.29. The van der Waals surface area contributed by atoms with Gasteiger partial charge in [0.25, 0.3) is 5.91 Å². The van der Waals surface area contributed by atoms with Crippen LogP contribution in [0, 0.1) is 13.8 Å². The SMILES string of the molecule is CCOC(=O)c1ccc(N2C(=O)c3oc4cc(C)c(C)cc4c(=O)c3C2c2ccc(OCC)c(OC)c2)cc1. The molecule has 0 saturated carbocycles. The van der Waals surface area contributed by atoms with Crippen LogP contribution in [0.4, 0.5) is 5.69 Å². The fourth-order valence-corrected chi connectivity index (χ4v) is 4.91. The first-order valence-electron chi connectivity index (χ1n) is 12.8. The first-order chi connectivity index (χ1) is 18.8. The monoisotopic (exact) mass is 527 g/mol. The van der Waals surface area contributed by atoms with Gasteiger partial charge in [0.15, 0.2) is 16.9 Å². The molecule has 39 heavy (non-hydrogen) atoms. The predicted octanol–water partition coefficient (Wildman–Crippen LogP) is 5.74. The van der Waals surface area contributed by atoms with Gasteiger partial charge < -0.3 is 18.6 Å². The van der Waals surface area contributed by atoms with E-state index in [1.165, 1.54) is 12.0 Å². The summed E-state index contributed by atoms with van der Waals surface area (Å²) in [5, 5.41) is 0.409. The molecule has 1 unspecified atom stereocenters. The third-order valence-electron chi connectivity index (χ3n) is 6.95. The summed E-state index contributed by atoms with van der Waals surface area (Å²) in [6.45, 7) is 8.17. The van der Waals surface area contributed by atoms with Crippen molar-refractivity contribution in [1.82, 2.24) is 0 Å². The molecule has 8 nitrogen and oxygen atoms in total. The molecule has 0 saturated heterocycles. The Morgan fingerprint density at radius 3 is 2.31 bits per heavy atom. The first-order valence-corrected chi connectivity index (χ1v) is 12.8. The Hall–Kier alpha value is -4.59. The van der Waals surface area contributed by atoms with Crippen molar-refractivity contribution in [2.24, 2.45) is 0 Å². The summed E-state index contributed by atoms with van der Waals surface area (Å²) in [6, 6.07) is 14.6. The fraction of sp³-hybridized carbons (Fsp3) is 0.258. The van der Waals surface area contributed by atoms with E-state index in [1.54, 1.807) is 55.5 Å². The van der Waals surface area contributed by atoms with Crippen LogP contribution >= 0.6 is 0 Å². The number of methoxy groups -OCH3 is 1. The highest BCUT2D eigenvalue weighted by molar-refractivity contribution is 6.11. The smallest absolute Gasteiger partial charge is 0.338 e. The van der Waals surface area contributed by atoms with Gasteiger partial charge in [-0.3, -0.25) is 14.5 Å². The summed E-state index contributed by atoms with van der Waals surface area (Å²) < 4.78 is 22.5. The van der Waals surface area contributed by atoms with Crippen molar-refractivity contribution >= 4 is 28.5 Å². The minimum Gasteiger partial charge on any atom is -0.493 e. The number of carbonyl (C=O) groups excluding carboxylic acids is 2. The number of fused-ring (bicyclic) bond motifs is 2. The molecule has 1 aliphatic rings. The van der Waals surface area contributed by atoms with Crippen molar-refractivity contribution < 1.29 is 28.2 Å². The van der Waals surface area contributed by atoms with Gasteiger partial charge in [0, 0.05) is 5.69 Å². The van der Waals surface area contributed by atoms with E-state index < -0.39 is 17.9 Å². The molecule has 0 N–H and O–H groups in total. The van der Waals surface area contributed by atoms with Crippen molar-refractivity contribution in [1.29, 1.82) is 0 Å². The Kier molecular flexibility index (Phi) is 6.87. The second kappa shape index (κ2) is 10.3. The van der Waals surface area contributed by atoms with Gasteiger partial charge in [-0.05, 0) is 92.9 Å². The van der Waals surface area contributed by atoms with Crippen LogP contribution < -0.4 is 19.8 Å². The van der Waals surface area contributed by atoms with Crippen molar-refractivity contribution in [3.63, 3.8) is 0 Å². The summed E-state index contributed by atoms with van der Waals surface area (Å²) in [4.78, 5) is 41.6. The molecular weight excluding hydrogens is 498 g/mol. The van der Waals surface area contributed by atoms with Crippen LogP contribution in [-0.2, 0) is 4.74 Å². The summed E-state index contributed by atoms with van der Waals surface area (Å²) in [7, 11) is 1.54. The van der Waals surface area contributed by atoms with E-state index in [2.05, 4.69) is 0 Å². The number of carbonyl (C=O) groups is 2. The number of ether oxygens (including phenoxy) is 3. The topological polar surface area (TPSA) is 95.3 Å². The van der Waals surface area contributed by atoms with Crippen LogP contribution in [0.1, 0.15) is 63.1 Å². The highest BCUT2D eigenvalue weighted by atomic mass is 16.5. The summed E-state index contributed by atoms with van der Waals surface area (Å²) >= 11 is 0. The van der Waals surface area contributed by atoms with E-state index in [0.29, 0.717) is 45.9 Å². The van der Waals surface area contributed by atoms with Gasteiger partial charge >= 0.3 is 5.97 Å². The standard InChI is InChI=1S/C31H29NO7/c1-6-37-23-13-10-20(16-25(23)36-5)27-26-28(33)22-14-17(3)18(4)15-24(22)39-29(26)30(34)32(27)21-11-8-19(9-12-21)31(35)38-7-2/h8-16,27H,6-7H2,1-5H3. The van der Waals surface area contributed by atoms with Crippen LogP contribution in [0.15, 0.2) is 63.8 Å². The quantitative estimate of drug-likeness (QED) is 0.283. The van der Waals surface area contributed by atoms with Crippen molar-refractivity contribution in [3.8, 4) is 11.5 Å². The Bertz CT molecular complexity index is 1650. The lowest BCUT2D eigenvalue weighted by molar-refractivity contribution is 0.0526. The largest absolute Gasteiger partial charge is 0.493 e. The van der Waals surface area contributed by atoms with Gasteiger partial charge in [0.05, 0.1) is 42.9 Å². The normalized spacial score (nSPS) is 14.4. The number of benzene rings is 3. The maximum atomic E-state index is 14.0. The summed E-state index contributed by atoms with van der Waals surface area (Å²) in [5.41, 5.74) is 3.73. The molecule has 1 atom stereocenters. The molecule has 5 rings (SSSR count). The number of esters is 1. The molecule has 0 spiro atoms. The zero-order valence-corrected chi connectivity index (χ0v) is 22.5. The molecule has 1 aromatic heterocycles. The van der Waals surface area contributed by atoms with Gasteiger partial charge in [-0.2, -0.15) is 0 Å². The summed E-state index contributed by atoms with van der Waals surface area (Å²) in [6.07, 6.45) is 0. The molecule has 8 heteroatoms. The number of anilines is 1. The Labute approximate surface area is 225 Å². The van der Waals surface area contributed by atoms with Gasteiger partial charge in [-0.15, -0.1) is 0 Å². The molecule has 1 aliphatic heterocycles. The van der Waals surface area contributed by atoms with Gasteiger partial charge in [0.2, 0.25) is 5.76 Å². The van der Waals surface area contributed by atoms with E-state index in [1.807, 2.05) is 26.8 Å². The molecule has 0 aliphatic carbocycles. The molecule has 0 fully saturated rings. The number of aryl methyl sites for hydroxylation is 2. The van der Waals surface area contributed by atoms with Gasteiger partial charge in [-0.25, -0.2) is 4.79 Å². The number of amides is 1. The predicted molar refractivity (Wildman–Crippen MR) is 147 cm³/mol. The lowest BCUT2D eigenvalue weighted by atomic mass is 9.96. The lowest BCUT2D eigenvalue weighted by Gasteiger charge is -2.26. The number of nitrogens with zero attached hydrogens (tertiary/aromatic N) is 1. The summed E-state index contributed by atoms with van der Waals surface area (Å²) in [5.74, 6) is 0.105. The van der Waals surface area contributed by atoms with Crippen molar-refractivity contribution in [2.75, 3.05) is 25.2 Å². The van der Waals surface area contributed by atoms with E-state index in [-0.39, 0.29) is 23.4 Å². The molecule has 0 radical (unpaired) electrons. The van der Waals surface area contributed by atoms with E-state index >= 15 is 0 Å². The van der Waals surface area contributed by atoms with Crippen molar-refractivity contribution in [2.45, 2.75) is 33.7 Å². The minimum absolute atomic E-state index is 0.0110. The molecule has 0 bridgehead atoms. The minimum atomic E-state index is -0.798. The molecular formula is C31H29NO7. The average molecular weight is 528 g/mol. The second-order valence-electron chi connectivity index (χ2n) is 9.29. The Morgan fingerprint density at radius 2 is 1.64 bits per heavy atom. The first kappa shape index (κ1) is 26.0. The van der Waals surface area contributed by atoms with Crippen LogP contribution in [0.2, 0.25) is 0 Å². The zero-order chi connectivity index (χ0) is 27.8. The van der Waals surface area contributed by atoms with Gasteiger partial charge in [0.1, 0.15) is 5.58 Å². The van der Waals surface area contributed by atoms with Gasteiger partial charge in [-0.1, -0.05) is 6.07 Å². The van der Waals surface area contributed by atoms with Crippen LogP contribution in [0.25, 0.3) is 11.0 Å². The third-order valence-corrected chi connectivity index (χ3v) is 6.95. The highest BCUT2D eigenvalue weighted by Crippen LogP contribution is 2.43. The molecule has 200 valence electrons. The molecule has 1 amide bonds. The van der Waals surface area contributed by atoms with Crippen LogP contribution in [0.3, 0.4) is 0 Å². The maximum absolute atomic E-state index is 14.0. The second-order valence-corrected chi connectivity index (χ2v) is 9.29. The molecule has 4 aromatic rings. The van der Waals surface area contributed by atoms with Crippen molar-refractivity contribution in [3.05, 3.63) is 98.4 Å². The Morgan fingerprint density at radius 1 is 0.923 bits per heavy atom. The molecule has 3 aromatic carbocycles. The number of hydrogen-bond donors (Lipinski definition) is 0. The molecule has 2 heterocycles. The highest BCUT2D eigenvalue weighted by Gasteiger charge is 2.44. The number of hydrogen-bond acceptors (Lipinski definition) is 7. The van der Waals surface area contributed by atoms with Crippen LogP contribution in [-0.4, -0.2) is 32.2 Å². The van der Waals surface area contributed by atoms with E-state index in [9.17, 15) is 14.4 Å². The average Bonchev–Trinajstić information content (AvgIpc) is 3.22.